The Bertz CT molecular complexity index is 702. The Morgan fingerprint density at radius 3 is 2.50 bits per heavy atom. The number of nitro groups is 1. The minimum atomic E-state index is -0.629. The highest BCUT2D eigenvalue weighted by Crippen LogP contribution is 2.18. The van der Waals surface area contributed by atoms with Crippen LogP contribution >= 0.6 is 0 Å². The van der Waals surface area contributed by atoms with Crippen LogP contribution in [-0.4, -0.2) is 10.9 Å². The highest BCUT2D eigenvalue weighted by atomic mass is 16.6. The fourth-order valence-electron chi connectivity index (χ4n) is 1.52. The second-order valence-corrected chi connectivity index (χ2v) is 3.83. The van der Waals surface area contributed by atoms with Crippen molar-refractivity contribution in [1.29, 1.82) is 5.26 Å². The van der Waals surface area contributed by atoms with Crippen LogP contribution in [0.5, 0.6) is 5.75 Å². The van der Waals surface area contributed by atoms with Gasteiger partial charge < -0.3 is 4.74 Å². The molecule has 0 radical (unpaired) electrons. The highest BCUT2D eigenvalue weighted by Gasteiger charge is 2.10. The van der Waals surface area contributed by atoms with Gasteiger partial charge in [-0.05, 0) is 30.3 Å². The van der Waals surface area contributed by atoms with Gasteiger partial charge in [-0.2, -0.15) is 5.26 Å². The van der Waals surface area contributed by atoms with Crippen LogP contribution in [0, 0.1) is 21.4 Å². The Morgan fingerprint density at radius 1 is 1.20 bits per heavy atom. The Kier molecular flexibility index (Phi) is 3.72. The van der Waals surface area contributed by atoms with E-state index in [2.05, 4.69) is 0 Å². The van der Waals surface area contributed by atoms with E-state index in [0.717, 1.165) is 0 Å². The predicted octanol–water partition coefficient (Wildman–Crippen LogP) is 2.69. The van der Waals surface area contributed by atoms with Crippen molar-refractivity contribution in [3.05, 3.63) is 69.8 Å². The van der Waals surface area contributed by atoms with E-state index in [1.54, 1.807) is 12.1 Å². The molecule has 0 aliphatic heterocycles. The normalized spacial score (nSPS) is 9.55. The molecule has 0 heterocycles. The number of non-ortho nitro benzene ring substituents is 1. The zero-order valence-corrected chi connectivity index (χ0v) is 10.1. The van der Waals surface area contributed by atoms with E-state index >= 15 is 0 Å². The third-order valence-corrected chi connectivity index (χ3v) is 2.49. The van der Waals surface area contributed by atoms with Gasteiger partial charge in [0.2, 0.25) is 0 Å². The minimum absolute atomic E-state index is 0.0868. The molecule has 98 valence electrons. The van der Waals surface area contributed by atoms with Crippen LogP contribution in [-0.2, 0) is 0 Å². The summed E-state index contributed by atoms with van der Waals surface area (Å²) in [5, 5.41) is 19.2. The average Bonchev–Trinajstić information content (AvgIpc) is 2.47. The van der Waals surface area contributed by atoms with Gasteiger partial charge in [0, 0.05) is 12.1 Å². The van der Waals surface area contributed by atoms with Crippen LogP contribution in [0.3, 0.4) is 0 Å². The molecule has 0 saturated heterocycles. The number of esters is 1. The minimum Gasteiger partial charge on any atom is -0.423 e. The summed E-state index contributed by atoms with van der Waals surface area (Å²) in [6, 6.07) is 13.2. The van der Waals surface area contributed by atoms with Crippen LogP contribution in [0.1, 0.15) is 15.9 Å². The van der Waals surface area contributed by atoms with Gasteiger partial charge in [0.1, 0.15) is 5.75 Å². The number of ether oxygens (including phenoxy) is 1. The quantitative estimate of drug-likeness (QED) is 0.369. The second kappa shape index (κ2) is 5.63. The molecule has 0 unspecified atom stereocenters. The van der Waals surface area contributed by atoms with E-state index in [9.17, 15) is 14.9 Å². The summed E-state index contributed by atoms with van der Waals surface area (Å²) >= 11 is 0. The van der Waals surface area contributed by atoms with Gasteiger partial charge in [-0.15, -0.1) is 0 Å². The van der Waals surface area contributed by atoms with Gasteiger partial charge in [0.15, 0.2) is 0 Å². The summed E-state index contributed by atoms with van der Waals surface area (Å²) in [5.41, 5.74) is 0.502. The lowest BCUT2D eigenvalue weighted by molar-refractivity contribution is -0.384. The third-order valence-electron chi connectivity index (χ3n) is 2.49. The zero-order chi connectivity index (χ0) is 14.5. The topological polar surface area (TPSA) is 93.2 Å². The number of hydrogen-bond donors (Lipinski definition) is 0. The molecule has 0 fully saturated rings. The standard InChI is InChI=1S/C14H8N2O4/c15-9-10-2-1-3-11(8-10)14(17)20-13-6-4-12(5-7-13)16(18)19/h1-8H. The number of carbonyl (C=O) groups is 1. The lowest BCUT2D eigenvalue weighted by Crippen LogP contribution is -2.08. The van der Waals surface area contributed by atoms with Crippen molar-refractivity contribution in [2.45, 2.75) is 0 Å². The maximum absolute atomic E-state index is 11.8. The molecule has 0 aromatic heterocycles. The van der Waals surface area contributed by atoms with Crippen molar-refractivity contribution in [3.63, 3.8) is 0 Å². The summed E-state index contributed by atoms with van der Waals surface area (Å²) in [7, 11) is 0. The Balaban J connectivity index is 2.15. The molecule has 0 N–H and O–H groups in total. The molecule has 0 bridgehead atoms. The lowest BCUT2D eigenvalue weighted by atomic mass is 10.1. The monoisotopic (exact) mass is 268 g/mol. The maximum Gasteiger partial charge on any atom is 0.343 e. The molecule has 0 saturated carbocycles. The number of hydrogen-bond acceptors (Lipinski definition) is 5. The average molecular weight is 268 g/mol. The van der Waals surface area contributed by atoms with Crippen LogP contribution in [0.2, 0.25) is 0 Å². The van der Waals surface area contributed by atoms with Crippen molar-refractivity contribution in [1.82, 2.24) is 0 Å². The molecular formula is C14H8N2O4. The zero-order valence-electron chi connectivity index (χ0n) is 10.1. The van der Waals surface area contributed by atoms with E-state index < -0.39 is 10.9 Å². The van der Waals surface area contributed by atoms with Crippen molar-refractivity contribution >= 4 is 11.7 Å². The van der Waals surface area contributed by atoms with E-state index in [4.69, 9.17) is 10.00 Å². The molecule has 2 rings (SSSR count). The molecule has 0 aliphatic carbocycles. The van der Waals surface area contributed by atoms with Gasteiger partial charge in [0.05, 0.1) is 22.1 Å². The third kappa shape index (κ3) is 2.97. The Labute approximate surface area is 114 Å². The predicted molar refractivity (Wildman–Crippen MR) is 69.2 cm³/mol. The fourth-order valence-corrected chi connectivity index (χ4v) is 1.52. The maximum atomic E-state index is 11.8. The molecular weight excluding hydrogens is 260 g/mol. The molecule has 2 aromatic carbocycles. The van der Waals surface area contributed by atoms with Gasteiger partial charge in [-0.1, -0.05) is 6.07 Å². The van der Waals surface area contributed by atoms with E-state index in [1.165, 1.54) is 36.4 Å². The van der Waals surface area contributed by atoms with Crippen LogP contribution in [0.4, 0.5) is 5.69 Å². The molecule has 0 spiro atoms. The molecule has 0 aliphatic rings. The van der Waals surface area contributed by atoms with Crippen LogP contribution in [0.15, 0.2) is 48.5 Å². The van der Waals surface area contributed by atoms with E-state index in [0.29, 0.717) is 5.56 Å². The van der Waals surface area contributed by atoms with Gasteiger partial charge >= 0.3 is 5.97 Å². The number of nitrogens with zero attached hydrogens (tertiary/aromatic N) is 2. The van der Waals surface area contributed by atoms with Crippen LogP contribution in [0.25, 0.3) is 0 Å². The first-order valence-corrected chi connectivity index (χ1v) is 5.57. The number of carbonyl (C=O) groups excluding carboxylic acids is 1. The number of nitriles is 1. The molecule has 6 heteroatoms. The van der Waals surface area contributed by atoms with Gasteiger partial charge in [-0.3, -0.25) is 10.1 Å². The second-order valence-electron chi connectivity index (χ2n) is 3.83. The molecule has 0 atom stereocenters. The number of rotatable bonds is 3. The van der Waals surface area contributed by atoms with E-state index in [1.807, 2.05) is 6.07 Å². The molecule has 0 amide bonds. The van der Waals surface area contributed by atoms with E-state index in [-0.39, 0.29) is 17.0 Å². The highest BCUT2D eigenvalue weighted by molar-refractivity contribution is 5.91. The number of nitro benzene ring substituents is 1. The molecule has 2 aromatic rings. The summed E-state index contributed by atoms with van der Waals surface area (Å²) in [6.45, 7) is 0. The SMILES string of the molecule is N#Cc1cccc(C(=O)Oc2ccc([N+](=O)[O-])cc2)c1. The Hall–Kier alpha value is -3.20. The summed E-state index contributed by atoms with van der Waals surface area (Å²) < 4.78 is 5.06. The fraction of sp³-hybridized carbons (Fsp3) is 0. The Morgan fingerprint density at radius 2 is 1.90 bits per heavy atom. The number of benzene rings is 2. The summed E-state index contributed by atoms with van der Waals surface area (Å²) in [4.78, 5) is 21.8. The van der Waals surface area contributed by atoms with Gasteiger partial charge in [-0.25, -0.2) is 4.79 Å². The lowest BCUT2D eigenvalue weighted by Gasteiger charge is -2.04. The first kappa shape index (κ1) is 13.2. The van der Waals surface area contributed by atoms with Crippen molar-refractivity contribution in [2.24, 2.45) is 0 Å². The largest absolute Gasteiger partial charge is 0.423 e. The smallest absolute Gasteiger partial charge is 0.343 e. The first-order valence-electron chi connectivity index (χ1n) is 5.57. The summed E-state index contributed by atoms with van der Waals surface area (Å²) in [6.07, 6.45) is 0. The van der Waals surface area contributed by atoms with Crippen molar-refractivity contribution in [3.8, 4) is 11.8 Å². The first-order chi connectivity index (χ1) is 9.60. The molecule has 6 nitrogen and oxygen atoms in total. The van der Waals surface area contributed by atoms with Crippen LogP contribution < -0.4 is 4.74 Å². The molecule has 20 heavy (non-hydrogen) atoms. The van der Waals surface area contributed by atoms with Crippen molar-refractivity contribution in [2.75, 3.05) is 0 Å². The van der Waals surface area contributed by atoms with Crippen molar-refractivity contribution < 1.29 is 14.5 Å². The summed E-state index contributed by atoms with van der Waals surface area (Å²) in [5.74, 6) is -0.432. The van der Waals surface area contributed by atoms with Gasteiger partial charge in [0.25, 0.3) is 5.69 Å².